The summed E-state index contributed by atoms with van der Waals surface area (Å²) in [5.74, 6) is 2.72. The van der Waals surface area contributed by atoms with Crippen molar-refractivity contribution in [3.63, 3.8) is 0 Å². The average molecular weight is 375 g/mol. The first kappa shape index (κ1) is 19.8. The Balaban J connectivity index is 0.00000102. The maximum Gasteiger partial charge on any atom is 0.201 e. The van der Waals surface area contributed by atoms with E-state index in [1.54, 1.807) is 7.11 Å². The number of fused-ring (bicyclic) bond motifs is 1. The zero-order chi connectivity index (χ0) is 19.4. The molecular weight excluding hydrogens is 340 g/mol. The molecule has 1 saturated heterocycles. The minimum atomic E-state index is 0.455. The molecule has 1 saturated carbocycles. The maximum absolute atomic E-state index is 6.22. The molecule has 0 unspecified atom stereocenters. The Morgan fingerprint density at radius 2 is 1.85 bits per heavy atom. The Bertz CT molecular complexity index is 746. The smallest absolute Gasteiger partial charge is 0.201 e. The van der Waals surface area contributed by atoms with Gasteiger partial charge >= 0.3 is 0 Å². The lowest BCUT2D eigenvalue weighted by molar-refractivity contribution is 0.0662. The number of nitrogens with zero attached hydrogens (tertiary/aromatic N) is 3. The first-order valence-corrected chi connectivity index (χ1v) is 10.4. The monoisotopic (exact) mass is 374 g/mol. The van der Waals surface area contributed by atoms with Gasteiger partial charge in [-0.1, -0.05) is 33.6 Å². The number of imidazole rings is 1. The third-order valence-electron chi connectivity index (χ3n) is 5.65. The van der Waals surface area contributed by atoms with Crippen LogP contribution in [0.15, 0.2) is 12.1 Å². The Kier molecular flexibility index (Phi) is 6.47. The highest BCUT2D eigenvalue weighted by molar-refractivity contribution is 5.82. The summed E-state index contributed by atoms with van der Waals surface area (Å²) in [5, 5.41) is 0. The van der Waals surface area contributed by atoms with E-state index >= 15 is 0 Å². The number of benzene rings is 1. The van der Waals surface area contributed by atoms with E-state index in [2.05, 4.69) is 21.4 Å². The number of nitrogens with two attached hydrogens (primary N) is 1. The molecule has 0 spiro atoms. The van der Waals surface area contributed by atoms with E-state index in [9.17, 15) is 0 Å². The van der Waals surface area contributed by atoms with E-state index in [1.165, 1.54) is 25.7 Å². The van der Waals surface area contributed by atoms with Crippen LogP contribution in [-0.4, -0.2) is 47.8 Å². The highest BCUT2D eigenvalue weighted by Crippen LogP contribution is 2.38. The van der Waals surface area contributed by atoms with Crippen LogP contribution in [0.25, 0.3) is 11.0 Å². The average Bonchev–Trinajstić information content (AvgIpc) is 3.27. The van der Waals surface area contributed by atoms with Gasteiger partial charge in [-0.2, -0.15) is 0 Å². The molecule has 2 aromatic rings. The van der Waals surface area contributed by atoms with Crippen LogP contribution in [0.3, 0.4) is 0 Å². The summed E-state index contributed by atoms with van der Waals surface area (Å²) in [7, 11) is 1.69. The molecule has 0 amide bonds. The van der Waals surface area contributed by atoms with Gasteiger partial charge in [0.15, 0.2) is 11.5 Å². The lowest BCUT2D eigenvalue weighted by atomic mass is 10.0. The number of ether oxygens (including phenoxy) is 2. The van der Waals surface area contributed by atoms with Gasteiger partial charge in [0.25, 0.3) is 0 Å². The third-order valence-corrected chi connectivity index (χ3v) is 5.65. The van der Waals surface area contributed by atoms with Gasteiger partial charge in [0.2, 0.25) is 5.95 Å². The van der Waals surface area contributed by atoms with Gasteiger partial charge in [0.1, 0.15) is 0 Å². The van der Waals surface area contributed by atoms with Crippen LogP contribution >= 0.6 is 0 Å². The summed E-state index contributed by atoms with van der Waals surface area (Å²) in [4.78, 5) is 6.99. The van der Waals surface area contributed by atoms with E-state index in [4.69, 9.17) is 15.2 Å². The summed E-state index contributed by atoms with van der Waals surface area (Å²) in [5.41, 5.74) is 8.17. The normalized spacial score (nSPS) is 18.2. The Labute approximate surface area is 162 Å². The number of hydrogen-bond acceptors (Lipinski definition) is 5. The minimum absolute atomic E-state index is 0.455. The zero-order valence-corrected chi connectivity index (χ0v) is 17.2. The van der Waals surface area contributed by atoms with Crippen LogP contribution in [0.5, 0.6) is 11.5 Å². The van der Waals surface area contributed by atoms with Gasteiger partial charge in [-0.05, 0) is 19.4 Å². The number of anilines is 1. The molecule has 27 heavy (non-hydrogen) atoms. The van der Waals surface area contributed by atoms with Gasteiger partial charge in [0, 0.05) is 37.2 Å². The van der Waals surface area contributed by atoms with E-state index < -0.39 is 0 Å². The Morgan fingerprint density at radius 1 is 1.15 bits per heavy atom. The number of likely N-dealkylation sites (tertiary alicyclic amines) is 1. The summed E-state index contributed by atoms with van der Waals surface area (Å²) in [6, 6.07) is 4.47. The van der Waals surface area contributed by atoms with Crippen LogP contribution in [0.2, 0.25) is 0 Å². The van der Waals surface area contributed by atoms with Crippen LogP contribution in [0, 0.1) is 5.92 Å². The fraction of sp³-hybridized carbons (Fsp3) is 0.667. The van der Waals surface area contributed by atoms with Crippen molar-refractivity contribution in [3.05, 3.63) is 12.1 Å². The Hall–Kier alpha value is -1.95. The van der Waals surface area contributed by atoms with Crippen LogP contribution in [0.1, 0.15) is 52.5 Å². The largest absolute Gasteiger partial charge is 0.493 e. The molecule has 1 aliphatic carbocycles. The molecular formula is C21H34N4O2. The van der Waals surface area contributed by atoms with Crippen molar-refractivity contribution in [1.29, 1.82) is 0 Å². The highest BCUT2D eigenvalue weighted by atomic mass is 16.5. The second-order valence-electron chi connectivity index (χ2n) is 7.30. The summed E-state index contributed by atoms with van der Waals surface area (Å²) >= 11 is 0. The third kappa shape index (κ3) is 4.00. The molecule has 1 aliphatic heterocycles. The van der Waals surface area contributed by atoms with Gasteiger partial charge in [-0.25, -0.2) is 4.98 Å². The van der Waals surface area contributed by atoms with Gasteiger partial charge < -0.3 is 24.7 Å². The van der Waals surface area contributed by atoms with Crippen molar-refractivity contribution >= 4 is 17.0 Å². The SMILES string of the molecule is CC.CCN1CC(COc2cc3nc(N)n(C4CCCC4)c3cc2OC)C1. The van der Waals surface area contributed by atoms with Crippen molar-refractivity contribution in [1.82, 2.24) is 14.5 Å². The predicted octanol–water partition coefficient (Wildman–Crippen LogP) is 4.10. The second-order valence-corrected chi connectivity index (χ2v) is 7.30. The quantitative estimate of drug-likeness (QED) is 0.825. The number of aromatic nitrogens is 2. The molecule has 2 fully saturated rings. The standard InChI is InChI=1S/C19H28N4O2.C2H6/c1-3-22-10-13(11-22)12-25-18-8-15-16(9-17(18)24-2)23(19(20)21-15)14-6-4-5-7-14;1-2/h8-9,13-14H,3-7,10-12H2,1-2H3,(H2,20,21);1-2H3. The number of rotatable bonds is 6. The molecule has 4 rings (SSSR count). The molecule has 2 heterocycles. The number of methoxy groups -OCH3 is 1. The van der Waals surface area contributed by atoms with E-state index in [1.807, 2.05) is 26.0 Å². The topological polar surface area (TPSA) is 65.5 Å². The molecule has 0 bridgehead atoms. The maximum atomic E-state index is 6.22. The van der Waals surface area contributed by atoms with Crippen molar-refractivity contribution in [3.8, 4) is 11.5 Å². The van der Waals surface area contributed by atoms with Crippen molar-refractivity contribution in [2.45, 2.75) is 52.5 Å². The van der Waals surface area contributed by atoms with Crippen LogP contribution in [0.4, 0.5) is 5.95 Å². The van der Waals surface area contributed by atoms with Crippen molar-refractivity contribution < 1.29 is 9.47 Å². The predicted molar refractivity (Wildman–Crippen MR) is 111 cm³/mol. The first-order chi connectivity index (χ1) is 13.2. The molecule has 2 N–H and O–H groups in total. The van der Waals surface area contributed by atoms with Crippen molar-refractivity contribution in [2.24, 2.45) is 5.92 Å². The molecule has 6 heteroatoms. The molecule has 1 aromatic heterocycles. The van der Waals surface area contributed by atoms with Crippen LogP contribution in [-0.2, 0) is 0 Å². The molecule has 2 aliphatic rings. The van der Waals surface area contributed by atoms with E-state index in [0.717, 1.165) is 48.8 Å². The highest BCUT2D eigenvalue weighted by Gasteiger charge is 2.27. The molecule has 1 aromatic carbocycles. The fourth-order valence-corrected chi connectivity index (χ4v) is 4.19. The molecule has 0 atom stereocenters. The first-order valence-electron chi connectivity index (χ1n) is 10.4. The lowest BCUT2D eigenvalue weighted by Crippen LogP contribution is -2.48. The van der Waals surface area contributed by atoms with Gasteiger partial charge in [-0.15, -0.1) is 0 Å². The van der Waals surface area contributed by atoms with Crippen molar-refractivity contribution in [2.75, 3.05) is 39.1 Å². The molecule has 6 nitrogen and oxygen atoms in total. The summed E-state index contributed by atoms with van der Waals surface area (Å²) in [6.45, 7) is 10.3. The molecule has 0 radical (unpaired) electrons. The fourth-order valence-electron chi connectivity index (χ4n) is 4.19. The van der Waals surface area contributed by atoms with Gasteiger partial charge in [0.05, 0.1) is 24.8 Å². The second kappa shape index (κ2) is 8.83. The Morgan fingerprint density at radius 3 is 2.48 bits per heavy atom. The van der Waals surface area contributed by atoms with Gasteiger partial charge in [-0.3, -0.25) is 0 Å². The zero-order valence-electron chi connectivity index (χ0n) is 17.2. The summed E-state index contributed by atoms with van der Waals surface area (Å²) in [6.07, 6.45) is 4.87. The lowest BCUT2D eigenvalue weighted by Gasteiger charge is -2.38. The summed E-state index contributed by atoms with van der Waals surface area (Å²) < 4.78 is 13.8. The number of hydrogen-bond donors (Lipinski definition) is 1. The molecule has 150 valence electrons. The van der Waals surface area contributed by atoms with Crippen LogP contribution < -0.4 is 15.2 Å². The number of nitrogen functional groups attached to an aromatic ring is 1. The minimum Gasteiger partial charge on any atom is -0.493 e. The van der Waals surface area contributed by atoms with E-state index in [-0.39, 0.29) is 0 Å². The van der Waals surface area contributed by atoms with E-state index in [0.29, 0.717) is 17.9 Å².